The van der Waals surface area contributed by atoms with E-state index in [2.05, 4.69) is 4.98 Å². The molecule has 0 bridgehead atoms. The Bertz CT molecular complexity index is 893. The van der Waals surface area contributed by atoms with Gasteiger partial charge in [0.2, 0.25) is 5.91 Å². The minimum absolute atomic E-state index is 0.0326. The molecule has 3 rings (SSSR count). The number of amides is 1. The van der Waals surface area contributed by atoms with Gasteiger partial charge >= 0.3 is 0 Å². The van der Waals surface area contributed by atoms with Gasteiger partial charge in [-0.15, -0.1) is 0 Å². The van der Waals surface area contributed by atoms with Gasteiger partial charge in [0.25, 0.3) is 0 Å². The summed E-state index contributed by atoms with van der Waals surface area (Å²) in [5.41, 5.74) is 2.63. The average molecular weight is 357 g/mol. The quantitative estimate of drug-likeness (QED) is 0.675. The maximum absolute atomic E-state index is 13.3. The lowest BCUT2D eigenvalue weighted by atomic mass is 10.2. The van der Waals surface area contributed by atoms with Gasteiger partial charge in [0, 0.05) is 13.6 Å². The highest BCUT2D eigenvalue weighted by molar-refractivity contribution is 7.97. The first-order valence-electron chi connectivity index (χ1n) is 8.00. The van der Waals surface area contributed by atoms with E-state index in [1.54, 1.807) is 29.8 Å². The van der Waals surface area contributed by atoms with Gasteiger partial charge in [0.15, 0.2) is 0 Å². The van der Waals surface area contributed by atoms with Crippen molar-refractivity contribution in [2.75, 3.05) is 13.3 Å². The molecule has 130 valence electrons. The smallest absolute Gasteiger partial charge is 0.242 e. The van der Waals surface area contributed by atoms with Crippen molar-refractivity contribution in [2.45, 2.75) is 18.8 Å². The summed E-state index contributed by atoms with van der Waals surface area (Å²) in [5.74, 6) is 1.31. The summed E-state index contributed by atoms with van der Waals surface area (Å²) >= 11 is 1.67. The molecule has 1 aromatic heterocycles. The number of rotatable bonds is 6. The number of benzene rings is 2. The van der Waals surface area contributed by atoms with E-state index in [0.717, 1.165) is 28.2 Å². The van der Waals surface area contributed by atoms with Gasteiger partial charge in [0.1, 0.15) is 18.2 Å². The van der Waals surface area contributed by atoms with Crippen LogP contribution in [0.5, 0.6) is 0 Å². The summed E-state index contributed by atoms with van der Waals surface area (Å²) in [7, 11) is 1.74. The van der Waals surface area contributed by atoms with Gasteiger partial charge in [-0.25, -0.2) is 9.37 Å². The van der Waals surface area contributed by atoms with E-state index in [1.807, 2.05) is 41.2 Å². The van der Waals surface area contributed by atoms with Crippen LogP contribution in [0.15, 0.2) is 48.5 Å². The fourth-order valence-electron chi connectivity index (χ4n) is 2.79. The molecule has 0 aliphatic rings. The zero-order chi connectivity index (χ0) is 17.8. The van der Waals surface area contributed by atoms with Crippen molar-refractivity contribution in [3.63, 3.8) is 0 Å². The highest BCUT2D eigenvalue weighted by atomic mass is 32.2. The Morgan fingerprint density at radius 1 is 1.24 bits per heavy atom. The molecule has 6 heteroatoms. The molecule has 1 amide bonds. The first kappa shape index (κ1) is 17.5. The summed E-state index contributed by atoms with van der Waals surface area (Å²) in [4.78, 5) is 18.9. The second kappa shape index (κ2) is 7.70. The van der Waals surface area contributed by atoms with E-state index >= 15 is 0 Å². The summed E-state index contributed by atoms with van der Waals surface area (Å²) in [5, 5.41) is 0. The molecule has 0 fully saturated rings. The second-order valence-electron chi connectivity index (χ2n) is 5.92. The lowest BCUT2D eigenvalue weighted by molar-refractivity contribution is -0.131. The van der Waals surface area contributed by atoms with Gasteiger partial charge in [0.05, 0.1) is 16.8 Å². The molecule has 0 aliphatic heterocycles. The van der Waals surface area contributed by atoms with Gasteiger partial charge in [-0.3, -0.25) is 4.79 Å². The van der Waals surface area contributed by atoms with Crippen LogP contribution in [0.1, 0.15) is 11.4 Å². The molecular weight excluding hydrogens is 337 g/mol. The normalized spacial score (nSPS) is 11.0. The summed E-state index contributed by atoms with van der Waals surface area (Å²) in [6.07, 6.45) is 2.02. The number of thioether (sulfide) groups is 1. The molecular formula is C19H20FN3OS. The fourth-order valence-corrected chi connectivity index (χ4v) is 3.27. The van der Waals surface area contributed by atoms with Crippen LogP contribution in [-0.2, 0) is 23.6 Å². The maximum Gasteiger partial charge on any atom is 0.242 e. The van der Waals surface area contributed by atoms with Crippen LogP contribution in [-0.4, -0.2) is 33.7 Å². The number of aromatic nitrogens is 2. The number of hydrogen-bond acceptors (Lipinski definition) is 3. The third kappa shape index (κ3) is 4.02. The number of imidazole rings is 1. The number of hydrogen-bond donors (Lipinski definition) is 0. The number of fused-ring (bicyclic) bond motifs is 1. The van der Waals surface area contributed by atoms with Crippen LogP contribution in [0.3, 0.4) is 0 Å². The zero-order valence-electron chi connectivity index (χ0n) is 14.3. The zero-order valence-corrected chi connectivity index (χ0v) is 15.1. The van der Waals surface area contributed by atoms with Crippen molar-refractivity contribution < 1.29 is 9.18 Å². The van der Waals surface area contributed by atoms with Crippen LogP contribution >= 0.6 is 11.8 Å². The first-order valence-corrected chi connectivity index (χ1v) is 9.39. The summed E-state index contributed by atoms with van der Waals surface area (Å²) < 4.78 is 15.3. The van der Waals surface area contributed by atoms with Gasteiger partial charge in [-0.1, -0.05) is 24.3 Å². The SMILES string of the molecule is CSCc1nc2ccccc2n1CC(=O)N(C)Cc1cccc(F)c1. The van der Waals surface area contributed by atoms with Crippen molar-refractivity contribution >= 4 is 28.7 Å². The molecule has 0 atom stereocenters. The standard InChI is InChI=1S/C19H20FN3OS/c1-22(11-14-6-5-7-15(20)10-14)19(24)12-23-17-9-4-3-8-16(17)21-18(23)13-25-2/h3-10H,11-13H2,1-2H3. The van der Waals surface area contributed by atoms with Crippen LogP contribution < -0.4 is 0 Å². The molecule has 0 N–H and O–H groups in total. The van der Waals surface area contributed by atoms with E-state index in [1.165, 1.54) is 12.1 Å². The minimum Gasteiger partial charge on any atom is -0.340 e. The number of para-hydroxylation sites is 2. The molecule has 2 aromatic carbocycles. The molecule has 4 nitrogen and oxygen atoms in total. The predicted octanol–water partition coefficient (Wildman–Crippen LogP) is 3.70. The third-order valence-electron chi connectivity index (χ3n) is 4.03. The number of nitrogens with zero attached hydrogens (tertiary/aromatic N) is 3. The van der Waals surface area contributed by atoms with Gasteiger partial charge < -0.3 is 9.47 Å². The van der Waals surface area contributed by atoms with Crippen LogP contribution in [0, 0.1) is 5.82 Å². The lowest BCUT2D eigenvalue weighted by Crippen LogP contribution is -2.30. The molecule has 0 saturated heterocycles. The largest absolute Gasteiger partial charge is 0.340 e. The third-order valence-corrected chi connectivity index (χ3v) is 4.58. The molecule has 0 radical (unpaired) electrons. The van der Waals surface area contributed by atoms with E-state index in [-0.39, 0.29) is 18.3 Å². The number of carbonyl (C=O) groups excluding carboxylic acids is 1. The minimum atomic E-state index is -0.291. The Labute approximate surface area is 150 Å². The van der Waals surface area contributed by atoms with Crippen molar-refractivity contribution in [1.29, 1.82) is 0 Å². The predicted molar refractivity (Wildman–Crippen MR) is 99.8 cm³/mol. The molecule has 0 spiro atoms. The Kier molecular flexibility index (Phi) is 5.38. The Morgan fingerprint density at radius 3 is 2.80 bits per heavy atom. The Balaban J connectivity index is 1.80. The van der Waals surface area contributed by atoms with E-state index < -0.39 is 0 Å². The monoisotopic (exact) mass is 357 g/mol. The Hall–Kier alpha value is -2.34. The fraction of sp³-hybridized carbons (Fsp3) is 0.263. The molecule has 0 saturated carbocycles. The van der Waals surface area contributed by atoms with Crippen molar-refractivity contribution in [3.05, 3.63) is 65.7 Å². The maximum atomic E-state index is 13.3. The summed E-state index contributed by atoms with van der Waals surface area (Å²) in [6.45, 7) is 0.601. The van der Waals surface area contributed by atoms with E-state index in [0.29, 0.717) is 6.54 Å². The number of carbonyl (C=O) groups is 1. The number of halogens is 1. The second-order valence-corrected chi connectivity index (χ2v) is 6.78. The molecule has 3 aromatic rings. The molecule has 1 heterocycles. The number of likely N-dealkylation sites (N-methyl/N-ethyl adjacent to an activating group) is 1. The highest BCUT2D eigenvalue weighted by Crippen LogP contribution is 2.19. The molecule has 0 aliphatic carbocycles. The van der Waals surface area contributed by atoms with Crippen LogP contribution in [0.4, 0.5) is 4.39 Å². The van der Waals surface area contributed by atoms with Crippen molar-refractivity contribution in [2.24, 2.45) is 0 Å². The highest BCUT2D eigenvalue weighted by Gasteiger charge is 2.16. The van der Waals surface area contributed by atoms with Gasteiger partial charge in [-0.05, 0) is 36.1 Å². The summed E-state index contributed by atoms with van der Waals surface area (Å²) in [6, 6.07) is 14.2. The van der Waals surface area contributed by atoms with Crippen molar-refractivity contribution in [3.8, 4) is 0 Å². The molecule has 25 heavy (non-hydrogen) atoms. The van der Waals surface area contributed by atoms with Crippen LogP contribution in [0.2, 0.25) is 0 Å². The average Bonchev–Trinajstić information content (AvgIpc) is 2.93. The van der Waals surface area contributed by atoms with E-state index in [4.69, 9.17) is 0 Å². The first-order chi connectivity index (χ1) is 12.1. The van der Waals surface area contributed by atoms with Crippen molar-refractivity contribution in [1.82, 2.24) is 14.5 Å². The lowest BCUT2D eigenvalue weighted by Gasteiger charge is -2.19. The van der Waals surface area contributed by atoms with E-state index in [9.17, 15) is 9.18 Å². The topological polar surface area (TPSA) is 38.1 Å². The molecule has 0 unspecified atom stereocenters. The van der Waals surface area contributed by atoms with Crippen LogP contribution in [0.25, 0.3) is 11.0 Å². The Morgan fingerprint density at radius 2 is 2.04 bits per heavy atom. The van der Waals surface area contributed by atoms with Gasteiger partial charge in [-0.2, -0.15) is 11.8 Å².